The zero-order chi connectivity index (χ0) is 38.7. The van der Waals surface area contributed by atoms with Gasteiger partial charge in [0.2, 0.25) is 5.91 Å². The Morgan fingerprint density at radius 2 is 0.755 bits per heavy atom. The van der Waals surface area contributed by atoms with Gasteiger partial charge >= 0.3 is 0 Å². The maximum atomic E-state index is 12.5. The molecule has 0 heterocycles. The molecule has 53 heavy (non-hydrogen) atoms. The molecule has 5 heteroatoms. The Morgan fingerprint density at radius 3 is 1.09 bits per heavy atom. The van der Waals surface area contributed by atoms with E-state index < -0.39 is 18.2 Å². The topological polar surface area (TPSA) is 89.8 Å². The molecule has 0 aromatic heterocycles. The summed E-state index contributed by atoms with van der Waals surface area (Å²) < 4.78 is 0. The SMILES string of the molecule is CCCCCCCCCCCCCC/C=C\CCCCCCCCCCCC(O)CC(=O)NC(CO)C(O)CCCCCCCCCCCCCCC. The highest BCUT2D eigenvalue weighted by molar-refractivity contribution is 5.76. The number of nitrogens with one attached hydrogen (secondary N) is 1. The Kier molecular flexibility index (Phi) is 43.1. The van der Waals surface area contributed by atoms with Crippen molar-refractivity contribution in [3.63, 3.8) is 0 Å². The molecule has 0 radical (unpaired) electrons. The van der Waals surface area contributed by atoms with Crippen molar-refractivity contribution in [3.05, 3.63) is 12.2 Å². The minimum absolute atomic E-state index is 0.0382. The summed E-state index contributed by atoms with van der Waals surface area (Å²) in [4.78, 5) is 12.5. The Labute approximate surface area is 331 Å². The van der Waals surface area contributed by atoms with Crippen molar-refractivity contribution in [2.75, 3.05) is 6.61 Å². The lowest BCUT2D eigenvalue weighted by Crippen LogP contribution is -2.46. The van der Waals surface area contributed by atoms with Gasteiger partial charge in [-0.25, -0.2) is 0 Å². The van der Waals surface area contributed by atoms with E-state index in [2.05, 4.69) is 31.3 Å². The van der Waals surface area contributed by atoms with E-state index in [4.69, 9.17) is 0 Å². The number of allylic oxidation sites excluding steroid dienone is 2. The molecule has 0 aliphatic carbocycles. The minimum Gasteiger partial charge on any atom is -0.394 e. The van der Waals surface area contributed by atoms with Crippen molar-refractivity contribution in [1.82, 2.24) is 5.32 Å². The van der Waals surface area contributed by atoms with Crippen molar-refractivity contribution in [2.24, 2.45) is 0 Å². The van der Waals surface area contributed by atoms with E-state index in [9.17, 15) is 20.1 Å². The number of aliphatic hydroxyl groups excluding tert-OH is 3. The molecule has 3 unspecified atom stereocenters. The Morgan fingerprint density at radius 1 is 0.453 bits per heavy atom. The maximum absolute atomic E-state index is 12.5. The average Bonchev–Trinajstić information content (AvgIpc) is 3.15. The summed E-state index contributed by atoms with van der Waals surface area (Å²) in [6, 6.07) is -0.655. The van der Waals surface area contributed by atoms with E-state index in [0.29, 0.717) is 12.8 Å². The van der Waals surface area contributed by atoms with E-state index in [-0.39, 0.29) is 18.9 Å². The molecular weight excluding hydrogens is 655 g/mol. The highest BCUT2D eigenvalue weighted by atomic mass is 16.3. The Bertz CT molecular complexity index is 743. The molecule has 5 nitrogen and oxygen atoms in total. The zero-order valence-corrected chi connectivity index (χ0v) is 35.9. The van der Waals surface area contributed by atoms with Crippen LogP contribution in [0.5, 0.6) is 0 Å². The summed E-state index contributed by atoms with van der Waals surface area (Å²) >= 11 is 0. The number of hydrogen-bond acceptors (Lipinski definition) is 4. The summed E-state index contributed by atoms with van der Waals surface area (Å²) in [6.45, 7) is 4.28. The molecule has 0 saturated carbocycles. The lowest BCUT2D eigenvalue weighted by atomic mass is 10.0. The second-order valence-electron chi connectivity index (χ2n) is 16.7. The first-order valence-corrected chi connectivity index (χ1v) is 24.0. The van der Waals surface area contributed by atoms with Crippen LogP contribution in [0, 0.1) is 0 Å². The van der Waals surface area contributed by atoms with Crippen LogP contribution in [0.4, 0.5) is 0 Å². The first-order chi connectivity index (χ1) is 26.0. The molecule has 0 spiro atoms. The molecular formula is C48H95NO4. The molecule has 4 N–H and O–H groups in total. The van der Waals surface area contributed by atoms with Gasteiger partial charge in [0.25, 0.3) is 0 Å². The van der Waals surface area contributed by atoms with Crippen LogP contribution in [0.2, 0.25) is 0 Å². The molecule has 0 aliphatic rings. The fraction of sp³-hybridized carbons (Fsp3) is 0.938. The molecule has 316 valence electrons. The fourth-order valence-corrected chi connectivity index (χ4v) is 7.64. The Hall–Kier alpha value is -0.910. The van der Waals surface area contributed by atoms with Crippen molar-refractivity contribution in [3.8, 4) is 0 Å². The van der Waals surface area contributed by atoms with E-state index in [1.165, 1.54) is 205 Å². The van der Waals surface area contributed by atoms with Crippen LogP contribution in [0.3, 0.4) is 0 Å². The predicted molar refractivity (Wildman–Crippen MR) is 232 cm³/mol. The molecule has 0 fully saturated rings. The maximum Gasteiger partial charge on any atom is 0.222 e. The van der Waals surface area contributed by atoms with Crippen LogP contribution < -0.4 is 5.32 Å². The standard InChI is InChI=1S/C48H95NO4/c1-3-5-7-9-11-13-15-17-18-19-20-21-22-23-24-25-26-27-28-30-31-33-35-37-39-41-45(51)43-48(53)49-46(44-50)47(52)42-40-38-36-34-32-29-16-14-12-10-8-6-4-2/h23-24,45-47,50-52H,3-22,25-44H2,1-2H3,(H,49,53)/b24-23-. The summed E-state index contributed by atoms with van der Waals surface area (Å²) in [6.07, 6.45) is 51.9. The summed E-state index contributed by atoms with van der Waals surface area (Å²) in [5.41, 5.74) is 0. The number of rotatable bonds is 44. The van der Waals surface area contributed by atoms with E-state index >= 15 is 0 Å². The van der Waals surface area contributed by atoms with Gasteiger partial charge < -0.3 is 20.6 Å². The average molecular weight is 750 g/mol. The minimum atomic E-state index is -0.746. The van der Waals surface area contributed by atoms with Crippen molar-refractivity contribution >= 4 is 5.91 Å². The zero-order valence-electron chi connectivity index (χ0n) is 35.9. The van der Waals surface area contributed by atoms with Gasteiger partial charge in [-0.2, -0.15) is 0 Å². The van der Waals surface area contributed by atoms with Crippen LogP contribution in [0.25, 0.3) is 0 Å². The van der Waals surface area contributed by atoms with Gasteiger partial charge in [0, 0.05) is 0 Å². The third-order valence-corrected chi connectivity index (χ3v) is 11.3. The quantitative estimate of drug-likeness (QED) is 0.0369. The molecule has 0 aromatic carbocycles. The van der Waals surface area contributed by atoms with E-state index in [1.807, 2.05) is 0 Å². The molecule has 1 amide bonds. The second kappa shape index (κ2) is 43.8. The predicted octanol–water partition coefficient (Wildman–Crippen LogP) is 14.0. The van der Waals surface area contributed by atoms with Gasteiger partial charge in [-0.15, -0.1) is 0 Å². The lowest BCUT2D eigenvalue weighted by Gasteiger charge is -2.23. The van der Waals surface area contributed by atoms with Crippen LogP contribution in [0.15, 0.2) is 12.2 Å². The molecule has 0 bridgehead atoms. The van der Waals surface area contributed by atoms with Crippen molar-refractivity contribution in [2.45, 2.75) is 283 Å². The third-order valence-electron chi connectivity index (χ3n) is 11.3. The Balaban J connectivity index is 3.54. The second-order valence-corrected chi connectivity index (χ2v) is 16.7. The number of carbonyl (C=O) groups is 1. The number of carbonyl (C=O) groups excluding carboxylic acids is 1. The molecule has 0 rings (SSSR count). The summed E-state index contributed by atoms with van der Waals surface area (Å²) in [5, 5.41) is 33.4. The number of unbranched alkanes of at least 4 members (excludes halogenated alkanes) is 33. The third kappa shape index (κ3) is 40.6. The van der Waals surface area contributed by atoms with Gasteiger partial charge in [-0.1, -0.05) is 231 Å². The van der Waals surface area contributed by atoms with Crippen molar-refractivity contribution < 1.29 is 20.1 Å². The highest BCUT2D eigenvalue weighted by Crippen LogP contribution is 2.17. The molecule has 0 saturated heterocycles. The molecule has 0 aliphatic heterocycles. The van der Waals surface area contributed by atoms with Gasteiger partial charge in [0.05, 0.1) is 31.3 Å². The normalized spacial score (nSPS) is 13.5. The van der Waals surface area contributed by atoms with Crippen LogP contribution in [0.1, 0.15) is 264 Å². The van der Waals surface area contributed by atoms with Gasteiger partial charge in [-0.05, 0) is 38.5 Å². The van der Waals surface area contributed by atoms with Crippen LogP contribution >= 0.6 is 0 Å². The summed E-state index contributed by atoms with van der Waals surface area (Å²) in [7, 11) is 0. The van der Waals surface area contributed by atoms with E-state index in [0.717, 1.165) is 25.7 Å². The number of amides is 1. The van der Waals surface area contributed by atoms with Crippen LogP contribution in [-0.2, 0) is 4.79 Å². The first kappa shape index (κ1) is 52.1. The fourth-order valence-electron chi connectivity index (χ4n) is 7.64. The smallest absolute Gasteiger partial charge is 0.222 e. The van der Waals surface area contributed by atoms with Crippen molar-refractivity contribution in [1.29, 1.82) is 0 Å². The monoisotopic (exact) mass is 750 g/mol. The van der Waals surface area contributed by atoms with Crippen LogP contribution in [-0.4, -0.2) is 46.1 Å². The first-order valence-electron chi connectivity index (χ1n) is 24.0. The van der Waals surface area contributed by atoms with Gasteiger partial charge in [0.1, 0.15) is 0 Å². The summed E-state index contributed by atoms with van der Waals surface area (Å²) in [5.74, 6) is -0.281. The van der Waals surface area contributed by atoms with E-state index in [1.54, 1.807) is 0 Å². The molecule has 0 aromatic rings. The molecule has 3 atom stereocenters. The number of aliphatic hydroxyl groups is 3. The lowest BCUT2D eigenvalue weighted by molar-refractivity contribution is -0.125. The highest BCUT2D eigenvalue weighted by Gasteiger charge is 2.21. The van der Waals surface area contributed by atoms with Gasteiger partial charge in [0.15, 0.2) is 0 Å². The largest absolute Gasteiger partial charge is 0.394 e. The number of hydrogen-bond donors (Lipinski definition) is 4. The van der Waals surface area contributed by atoms with Gasteiger partial charge in [-0.3, -0.25) is 4.79 Å².